The van der Waals surface area contributed by atoms with Gasteiger partial charge in [-0.05, 0) is 43.2 Å². The summed E-state index contributed by atoms with van der Waals surface area (Å²) in [6, 6.07) is 13.6. The average molecular weight is 375 g/mol. The Balaban J connectivity index is 1.44. The second kappa shape index (κ2) is 7.18. The van der Waals surface area contributed by atoms with Crippen LogP contribution in [0.1, 0.15) is 25.7 Å². The van der Waals surface area contributed by atoms with Crippen molar-refractivity contribution in [2.45, 2.75) is 48.7 Å². The summed E-state index contributed by atoms with van der Waals surface area (Å²) in [5, 5.41) is 6.55. The van der Waals surface area contributed by atoms with E-state index in [1.165, 1.54) is 12.8 Å². The first-order valence-electron chi connectivity index (χ1n) is 8.93. The zero-order chi connectivity index (χ0) is 17.4. The Hall–Kier alpha value is -1.23. The highest BCUT2D eigenvalue weighted by molar-refractivity contribution is 8.00. The molecule has 4 rings (SSSR count). The number of rotatable bonds is 4. The highest BCUT2D eigenvalue weighted by Crippen LogP contribution is 2.34. The van der Waals surface area contributed by atoms with Gasteiger partial charge in [0, 0.05) is 40.5 Å². The van der Waals surface area contributed by atoms with Crippen molar-refractivity contribution in [1.29, 1.82) is 0 Å². The molecule has 5 heteroatoms. The fourth-order valence-corrected chi connectivity index (χ4v) is 5.54. The van der Waals surface area contributed by atoms with Crippen LogP contribution in [-0.2, 0) is 4.79 Å². The Morgan fingerprint density at radius 3 is 2.60 bits per heavy atom. The lowest BCUT2D eigenvalue weighted by atomic mass is 9.98. The van der Waals surface area contributed by atoms with Crippen LogP contribution in [0.4, 0.5) is 0 Å². The average Bonchev–Trinajstić information content (AvgIpc) is 2.97. The second-order valence-electron chi connectivity index (χ2n) is 7.15. The number of hydrogen-bond acceptors (Lipinski definition) is 3. The number of nitrogens with zero attached hydrogens (tertiary/aromatic N) is 1. The normalized spacial score (nSPS) is 25.3. The van der Waals surface area contributed by atoms with Gasteiger partial charge in [0.1, 0.15) is 0 Å². The van der Waals surface area contributed by atoms with E-state index in [0.717, 1.165) is 33.5 Å². The lowest BCUT2D eigenvalue weighted by Crippen LogP contribution is -2.49. The predicted octanol–water partition coefficient (Wildman–Crippen LogP) is 4.33. The van der Waals surface area contributed by atoms with Gasteiger partial charge >= 0.3 is 0 Å². The molecule has 0 saturated carbocycles. The van der Waals surface area contributed by atoms with Crippen molar-refractivity contribution in [2.24, 2.45) is 0 Å². The summed E-state index contributed by atoms with van der Waals surface area (Å²) in [5.41, 5.74) is 0. The highest BCUT2D eigenvalue weighted by Gasteiger charge is 2.36. The van der Waals surface area contributed by atoms with Crippen LogP contribution in [0.25, 0.3) is 10.8 Å². The number of hydrogen-bond donors (Lipinski definition) is 1. The number of nitrogens with one attached hydrogen (secondary N) is 1. The number of amides is 1. The van der Waals surface area contributed by atoms with E-state index in [4.69, 9.17) is 11.6 Å². The molecule has 2 fully saturated rings. The quantitative estimate of drug-likeness (QED) is 0.808. The molecule has 3 nitrogen and oxygen atoms in total. The van der Waals surface area contributed by atoms with Gasteiger partial charge in [-0.1, -0.05) is 35.9 Å². The topological polar surface area (TPSA) is 32.3 Å². The molecular weight excluding hydrogens is 352 g/mol. The third kappa shape index (κ3) is 3.53. The maximum Gasteiger partial charge on any atom is 0.232 e. The maximum absolute atomic E-state index is 12.7. The molecule has 2 aliphatic rings. The SMILES string of the molecule is CN(C(=O)CSc1cccc2cccc(Cl)c12)C1CC2CCC(C1)N2. The summed E-state index contributed by atoms with van der Waals surface area (Å²) in [4.78, 5) is 15.8. The van der Waals surface area contributed by atoms with Crippen LogP contribution in [0.15, 0.2) is 41.3 Å². The van der Waals surface area contributed by atoms with Gasteiger partial charge in [-0.15, -0.1) is 11.8 Å². The molecule has 132 valence electrons. The number of benzene rings is 2. The molecular formula is C20H23ClN2OS. The minimum absolute atomic E-state index is 0.209. The van der Waals surface area contributed by atoms with E-state index >= 15 is 0 Å². The van der Waals surface area contributed by atoms with Crippen molar-refractivity contribution < 1.29 is 4.79 Å². The Kier molecular flexibility index (Phi) is 4.94. The molecule has 25 heavy (non-hydrogen) atoms. The van der Waals surface area contributed by atoms with Gasteiger partial charge in [-0.2, -0.15) is 0 Å². The molecule has 2 saturated heterocycles. The minimum atomic E-state index is 0.209. The number of halogens is 1. The smallest absolute Gasteiger partial charge is 0.232 e. The van der Waals surface area contributed by atoms with Crippen molar-refractivity contribution in [3.05, 3.63) is 41.4 Å². The van der Waals surface area contributed by atoms with Crippen LogP contribution in [-0.4, -0.2) is 41.7 Å². The third-order valence-corrected chi connectivity index (χ3v) is 6.91. The molecule has 2 aromatic carbocycles. The standard InChI is InChI=1S/C20H23ClN2OS/c1-23(16-10-14-8-9-15(11-16)22-14)19(24)12-25-18-7-3-5-13-4-2-6-17(21)20(13)18/h2-7,14-16,22H,8-12H2,1H3. The summed E-state index contributed by atoms with van der Waals surface area (Å²) >= 11 is 7.98. The zero-order valence-electron chi connectivity index (χ0n) is 14.4. The third-order valence-electron chi connectivity index (χ3n) is 5.56. The van der Waals surface area contributed by atoms with E-state index in [0.29, 0.717) is 23.9 Å². The van der Waals surface area contributed by atoms with E-state index in [-0.39, 0.29) is 5.91 Å². The molecule has 2 unspecified atom stereocenters. The molecule has 0 radical (unpaired) electrons. The Morgan fingerprint density at radius 1 is 1.20 bits per heavy atom. The van der Waals surface area contributed by atoms with Gasteiger partial charge in [0.25, 0.3) is 0 Å². The number of piperidine rings is 1. The largest absolute Gasteiger partial charge is 0.342 e. The van der Waals surface area contributed by atoms with Gasteiger partial charge in [0.15, 0.2) is 0 Å². The minimum Gasteiger partial charge on any atom is -0.342 e. The Bertz CT molecular complexity index is 779. The molecule has 1 N–H and O–H groups in total. The first kappa shape index (κ1) is 17.2. The molecule has 0 spiro atoms. The number of carbonyl (C=O) groups excluding carboxylic acids is 1. The summed E-state index contributed by atoms with van der Waals surface area (Å²) in [7, 11) is 1.97. The highest BCUT2D eigenvalue weighted by atomic mass is 35.5. The van der Waals surface area contributed by atoms with Gasteiger partial charge < -0.3 is 10.2 Å². The first-order valence-corrected chi connectivity index (χ1v) is 10.3. The van der Waals surface area contributed by atoms with E-state index < -0.39 is 0 Å². The van der Waals surface area contributed by atoms with E-state index in [9.17, 15) is 4.79 Å². The molecule has 0 aromatic heterocycles. The van der Waals surface area contributed by atoms with Crippen LogP contribution in [0.5, 0.6) is 0 Å². The summed E-state index contributed by atoms with van der Waals surface area (Å²) in [6.45, 7) is 0. The van der Waals surface area contributed by atoms with E-state index in [1.807, 2.05) is 30.1 Å². The van der Waals surface area contributed by atoms with Crippen LogP contribution < -0.4 is 5.32 Å². The van der Waals surface area contributed by atoms with Gasteiger partial charge in [-0.3, -0.25) is 4.79 Å². The molecule has 2 atom stereocenters. The molecule has 2 heterocycles. The van der Waals surface area contributed by atoms with Gasteiger partial charge in [0.2, 0.25) is 5.91 Å². The Labute approximate surface area is 158 Å². The maximum atomic E-state index is 12.7. The molecule has 2 bridgehead atoms. The zero-order valence-corrected chi connectivity index (χ0v) is 15.9. The van der Waals surface area contributed by atoms with Crippen molar-refractivity contribution in [1.82, 2.24) is 10.2 Å². The van der Waals surface area contributed by atoms with Crippen molar-refractivity contribution in [2.75, 3.05) is 12.8 Å². The summed E-state index contributed by atoms with van der Waals surface area (Å²) in [6.07, 6.45) is 4.69. The van der Waals surface area contributed by atoms with E-state index in [1.54, 1.807) is 11.8 Å². The number of carbonyl (C=O) groups is 1. The van der Waals surface area contributed by atoms with Crippen molar-refractivity contribution in [3.63, 3.8) is 0 Å². The fraction of sp³-hybridized carbons (Fsp3) is 0.450. The fourth-order valence-electron chi connectivity index (χ4n) is 4.17. The number of thioether (sulfide) groups is 1. The van der Waals surface area contributed by atoms with Crippen LogP contribution in [0, 0.1) is 0 Å². The summed E-state index contributed by atoms with van der Waals surface area (Å²) in [5.74, 6) is 0.667. The second-order valence-corrected chi connectivity index (χ2v) is 8.57. The van der Waals surface area contributed by atoms with Crippen LogP contribution >= 0.6 is 23.4 Å². The monoisotopic (exact) mass is 374 g/mol. The van der Waals surface area contributed by atoms with Crippen LogP contribution in [0.3, 0.4) is 0 Å². The predicted molar refractivity (Wildman–Crippen MR) is 105 cm³/mol. The lowest BCUT2D eigenvalue weighted by molar-refractivity contribution is -0.129. The van der Waals surface area contributed by atoms with Crippen molar-refractivity contribution >= 4 is 40.0 Å². The van der Waals surface area contributed by atoms with Gasteiger partial charge in [0.05, 0.1) is 5.75 Å². The molecule has 0 aliphatic carbocycles. The molecule has 1 amide bonds. The number of fused-ring (bicyclic) bond motifs is 3. The first-order chi connectivity index (χ1) is 12.1. The van der Waals surface area contributed by atoms with E-state index in [2.05, 4.69) is 23.5 Å². The van der Waals surface area contributed by atoms with Crippen LogP contribution in [0.2, 0.25) is 5.02 Å². The van der Waals surface area contributed by atoms with Crippen molar-refractivity contribution in [3.8, 4) is 0 Å². The summed E-state index contributed by atoms with van der Waals surface area (Å²) < 4.78 is 0. The van der Waals surface area contributed by atoms with Gasteiger partial charge in [-0.25, -0.2) is 0 Å². The lowest BCUT2D eigenvalue weighted by Gasteiger charge is -2.35. The Morgan fingerprint density at radius 2 is 1.88 bits per heavy atom. The molecule has 2 aromatic rings. The molecule has 2 aliphatic heterocycles.